The molecule has 8 nitrogen and oxygen atoms in total. The topological polar surface area (TPSA) is 109 Å². The zero-order valence-corrected chi connectivity index (χ0v) is 14.0. The van der Waals surface area contributed by atoms with Gasteiger partial charge in [-0.15, -0.1) is 0 Å². The quantitative estimate of drug-likeness (QED) is 0.668. The molecule has 0 aliphatic carbocycles. The number of imidazole rings is 1. The summed E-state index contributed by atoms with van der Waals surface area (Å²) in [4.78, 5) is 42.5. The average molecular weight is 351 g/mol. The number of benzene rings is 1. The monoisotopic (exact) mass is 351 g/mol. The van der Waals surface area contributed by atoms with Gasteiger partial charge in [-0.2, -0.15) is 0 Å². The van der Waals surface area contributed by atoms with E-state index in [4.69, 9.17) is 0 Å². The molecular weight excluding hydrogens is 334 g/mol. The minimum absolute atomic E-state index is 0.0290. The number of pyridine rings is 1. The zero-order valence-electron chi connectivity index (χ0n) is 14.0. The minimum atomic E-state index is -0.481. The summed E-state index contributed by atoms with van der Waals surface area (Å²) >= 11 is 0. The molecule has 3 N–H and O–H groups in total. The fraction of sp³-hybridized carbons (Fsp3) is 0.111. The number of hydrogen-bond donors (Lipinski definition) is 3. The van der Waals surface area contributed by atoms with Crippen molar-refractivity contribution in [3.63, 3.8) is 0 Å². The Morgan fingerprint density at radius 2 is 1.92 bits per heavy atom. The normalized spacial score (nSPS) is 10.3. The number of rotatable bonds is 4. The van der Waals surface area contributed by atoms with E-state index >= 15 is 0 Å². The summed E-state index contributed by atoms with van der Waals surface area (Å²) in [5.74, 6) is -0.447. The van der Waals surface area contributed by atoms with Crippen LogP contribution >= 0.6 is 0 Å². The number of carbonyl (C=O) groups is 2. The molecule has 3 rings (SSSR count). The second-order valence-corrected chi connectivity index (χ2v) is 5.45. The number of amides is 2. The van der Waals surface area contributed by atoms with Crippen molar-refractivity contribution in [2.24, 2.45) is 0 Å². The molecule has 8 heteroatoms. The number of hydrogen-bond acceptors (Lipinski definition) is 4. The molecule has 0 spiro atoms. The number of nitrogens with zero attached hydrogens (tertiary/aromatic N) is 2. The SMILES string of the molecule is CCNC(=O)Nc1ccc(-c2ccc(C(=O)n3ccnc3)c(=O)[nH]2)cc1. The fourth-order valence-corrected chi connectivity index (χ4v) is 2.40. The molecule has 2 amide bonds. The van der Waals surface area contributed by atoms with Gasteiger partial charge in [0.15, 0.2) is 0 Å². The van der Waals surface area contributed by atoms with Crippen LogP contribution in [-0.4, -0.2) is 33.0 Å². The van der Waals surface area contributed by atoms with Crippen molar-refractivity contribution >= 4 is 17.6 Å². The van der Waals surface area contributed by atoms with Gasteiger partial charge in [0.05, 0.1) is 0 Å². The van der Waals surface area contributed by atoms with Crippen molar-refractivity contribution < 1.29 is 9.59 Å². The summed E-state index contributed by atoms with van der Waals surface area (Å²) in [6.07, 6.45) is 4.29. The molecule has 0 saturated carbocycles. The summed E-state index contributed by atoms with van der Waals surface area (Å²) in [5, 5.41) is 5.34. The summed E-state index contributed by atoms with van der Waals surface area (Å²) < 4.78 is 1.24. The highest BCUT2D eigenvalue weighted by Crippen LogP contribution is 2.19. The lowest BCUT2D eigenvalue weighted by Gasteiger charge is -2.08. The zero-order chi connectivity index (χ0) is 18.5. The second kappa shape index (κ2) is 7.47. The Morgan fingerprint density at radius 3 is 2.54 bits per heavy atom. The Bertz CT molecular complexity index is 975. The van der Waals surface area contributed by atoms with Crippen molar-refractivity contribution in [2.75, 3.05) is 11.9 Å². The van der Waals surface area contributed by atoms with Crippen LogP contribution < -0.4 is 16.2 Å². The largest absolute Gasteiger partial charge is 0.338 e. The molecule has 0 bridgehead atoms. The Labute approximate surface area is 148 Å². The molecule has 0 atom stereocenters. The predicted octanol–water partition coefficient (Wildman–Crippen LogP) is 2.07. The smallest absolute Gasteiger partial charge is 0.319 e. The number of aromatic amines is 1. The van der Waals surface area contributed by atoms with Gasteiger partial charge in [0, 0.05) is 30.3 Å². The van der Waals surface area contributed by atoms with Crippen molar-refractivity contribution in [2.45, 2.75) is 6.92 Å². The highest BCUT2D eigenvalue weighted by atomic mass is 16.2. The molecule has 3 aromatic rings. The molecule has 0 fully saturated rings. The first-order valence-electron chi connectivity index (χ1n) is 7.99. The van der Waals surface area contributed by atoms with E-state index in [1.807, 2.05) is 6.92 Å². The van der Waals surface area contributed by atoms with E-state index in [9.17, 15) is 14.4 Å². The lowest BCUT2D eigenvalue weighted by atomic mass is 10.1. The van der Waals surface area contributed by atoms with Crippen LogP contribution in [0.25, 0.3) is 11.3 Å². The van der Waals surface area contributed by atoms with E-state index in [1.54, 1.807) is 30.3 Å². The molecule has 0 saturated heterocycles. The summed E-state index contributed by atoms with van der Waals surface area (Å²) in [6.45, 7) is 2.37. The maximum absolute atomic E-state index is 12.3. The highest BCUT2D eigenvalue weighted by Gasteiger charge is 2.13. The van der Waals surface area contributed by atoms with E-state index in [0.717, 1.165) is 5.56 Å². The number of urea groups is 1. The van der Waals surface area contributed by atoms with Gasteiger partial charge < -0.3 is 15.6 Å². The molecule has 0 radical (unpaired) electrons. The first-order chi connectivity index (χ1) is 12.6. The van der Waals surface area contributed by atoms with Crippen molar-refractivity contribution in [3.05, 3.63) is 71.0 Å². The third kappa shape index (κ3) is 3.69. The minimum Gasteiger partial charge on any atom is -0.338 e. The van der Waals surface area contributed by atoms with Crippen LogP contribution in [0.2, 0.25) is 0 Å². The number of aromatic nitrogens is 3. The van der Waals surface area contributed by atoms with Gasteiger partial charge in [-0.3, -0.25) is 14.2 Å². The Kier molecular flexibility index (Phi) is 4.93. The van der Waals surface area contributed by atoms with Gasteiger partial charge in [-0.05, 0) is 36.8 Å². The van der Waals surface area contributed by atoms with E-state index in [-0.39, 0.29) is 11.6 Å². The lowest BCUT2D eigenvalue weighted by molar-refractivity contribution is 0.0958. The Morgan fingerprint density at radius 1 is 1.15 bits per heavy atom. The van der Waals surface area contributed by atoms with Gasteiger partial charge in [-0.25, -0.2) is 9.78 Å². The standard InChI is InChI=1S/C18H17N5O3/c1-2-20-18(26)21-13-5-3-12(4-6-13)15-8-7-14(16(24)22-15)17(25)23-10-9-19-11-23/h3-11H,2H2,1H3,(H,22,24)(H2,20,21,26). The highest BCUT2D eigenvalue weighted by molar-refractivity contribution is 5.95. The van der Waals surface area contributed by atoms with E-state index in [2.05, 4.69) is 20.6 Å². The molecule has 0 aliphatic rings. The first-order valence-corrected chi connectivity index (χ1v) is 7.99. The maximum Gasteiger partial charge on any atom is 0.319 e. The number of anilines is 1. The Hall–Kier alpha value is -3.68. The second-order valence-electron chi connectivity index (χ2n) is 5.45. The van der Waals surface area contributed by atoms with Crippen LogP contribution in [0, 0.1) is 0 Å². The maximum atomic E-state index is 12.3. The molecule has 132 valence electrons. The first kappa shape index (κ1) is 17.2. The molecule has 0 aliphatic heterocycles. The van der Waals surface area contributed by atoms with Crippen molar-refractivity contribution in [3.8, 4) is 11.3 Å². The van der Waals surface area contributed by atoms with Gasteiger partial charge in [0.25, 0.3) is 11.5 Å². The molecular formula is C18H17N5O3. The molecule has 2 aromatic heterocycles. The van der Waals surface area contributed by atoms with Crippen LogP contribution in [0.15, 0.2) is 59.9 Å². The van der Waals surface area contributed by atoms with Crippen LogP contribution in [-0.2, 0) is 0 Å². The average Bonchev–Trinajstić information content (AvgIpc) is 3.16. The predicted molar refractivity (Wildman–Crippen MR) is 97.1 cm³/mol. The lowest BCUT2D eigenvalue weighted by Crippen LogP contribution is -2.28. The molecule has 0 unspecified atom stereocenters. The third-order valence-electron chi connectivity index (χ3n) is 3.67. The number of H-pyrrole nitrogens is 1. The summed E-state index contributed by atoms with van der Waals surface area (Å²) in [6, 6.07) is 9.86. The molecule has 2 heterocycles. The molecule has 26 heavy (non-hydrogen) atoms. The van der Waals surface area contributed by atoms with Crippen LogP contribution in [0.4, 0.5) is 10.5 Å². The van der Waals surface area contributed by atoms with Gasteiger partial charge in [-0.1, -0.05) is 12.1 Å². The number of carbonyl (C=O) groups excluding carboxylic acids is 2. The van der Waals surface area contributed by atoms with Gasteiger partial charge in [0.2, 0.25) is 0 Å². The number of nitrogens with one attached hydrogen (secondary N) is 3. The van der Waals surface area contributed by atoms with Crippen molar-refractivity contribution in [1.29, 1.82) is 0 Å². The Balaban J connectivity index is 1.80. The third-order valence-corrected chi connectivity index (χ3v) is 3.67. The van der Waals surface area contributed by atoms with Crippen LogP contribution in [0.5, 0.6) is 0 Å². The van der Waals surface area contributed by atoms with Gasteiger partial charge >= 0.3 is 6.03 Å². The van der Waals surface area contributed by atoms with Gasteiger partial charge in [0.1, 0.15) is 11.9 Å². The fourth-order valence-electron chi connectivity index (χ4n) is 2.40. The van der Waals surface area contributed by atoms with Crippen molar-refractivity contribution in [1.82, 2.24) is 19.9 Å². The summed E-state index contributed by atoms with van der Waals surface area (Å²) in [7, 11) is 0. The summed E-state index contributed by atoms with van der Waals surface area (Å²) in [5.41, 5.74) is 1.51. The van der Waals surface area contributed by atoms with E-state index < -0.39 is 11.5 Å². The van der Waals surface area contributed by atoms with E-state index in [1.165, 1.54) is 29.4 Å². The van der Waals surface area contributed by atoms with E-state index in [0.29, 0.717) is 17.9 Å². The van der Waals surface area contributed by atoms with Crippen LogP contribution in [0.1, 0.15) is 17.3 Å². The molecule has 1 aromatic carbocycles. The van der Waals surface area contributed by atoms with Crippen LogP contribution in [0.3, 0.4) is 0 Å².